The second-order valence-corrected chi connectivity index (χ2v) is 4.14. The summed E-state index contributed by atoms with van der Waals surface area (Å²) in [7, 11) is 1.69. The second-order valence-electron chi connectivity index (χ2n) is 4.14. The van der Waals surface area contributed by atoms with Crippen LogP contribution in [0.2, 0.25) is 0 Å². The monoisotopic (exact) mass is 260 g/mol. The van der Waals surface area contributed by atoms with Gasteiger partial charge in [0.1, 0.15) is 11.5 Å². The van der Waals surface area contributed by atoms with E-state index in [1.165, 1.54) is 6.07 Å². The van der Waals surface area contributed by atoms with E-state index < -0.39 is 0 Å². The molecule has 100 valence electrons. The van der Waals surface area contributed by atoms with Gasteiger partial charge in [0.15, 0.2) is 0 Å². The smallest absolute Gasteiger partial charge is 0.292 e. The molecule has 0 fully saturated rings. The summed E-state index contributed by atoms with van der Waals surface area (Å²) in [5, 5.41) is 13.9. The highest BCUT2D eigenvalue weighted by molar-refractivity contribution is 5.66. The van der Waals surface area contributed by atoms with E-state index in [0.717, 1.165) is 17.8 Å². The van der Waals surface area contributed by atoms with E-state index in [0.29, 0.717) is 12.2 Å². The second kappa shape index (κ2) is 5.51. The number of aryl methyl sites for hydroxylation is 1. The summed E-state index contributed by atoms with van der Waals surface area (Å²) in [5.74, 6) is 0.966. The quantitative estimate of drug-likeness (QED) is 0.662. The van der Waals surface area contributed by atoms with Crippen LogP contribution in [0.4, 0.5) is 11.4 Å². The average molecular weight is 260 g/mol. The van der Waals surface area contributed by atoms with Gasteiger partial charge in [-0.15, -0.1) is 0 Å². The number of rotatable bonds is 5. The standard InChI is InChI=1S/C13H16N4O2/c1-3-12-15-7-8-16(12)9-10-5-4-6-11(17(18)19)13(10)14-2/h4-8,14H,3,9H2,1-2H3. The number of nitro benzene ring substituents is 1. The lowest BCUT2D eigenvalue weighted by Crippen LogP contribution is -2.07. The maximum atomic E-state index is 11.0. The summed E-state index contributed by atoms with van der Waals surface area (Å²) >= 11 is 0. The van der Waals surface area contributed by atoms with Crippen LogP contribution in [0.15, 0.2) is 30.6 Å². The lowest BCUT2D eigenvalue weighted by Gasteiger charge is -2.11. The molecule has 1 aromatic heterocycles. The number of benzene rings is 1. The Morgan fingerprint density at radius 1 is 1.47 bits per heavy atom. The number of hydrogen-bond donors (Lipinski definition) is 1. The van der Waals surface area contributed by atoms with Crippen LogP contribution in [-0.2, 0) is 13.0 Å². The molecule has 6 heteroatoms. The molecule has 0 saturated carbocycles. The Bertz CT molecular complexity index is 592. The topological polar surface area (TPSA) is 73.0 Å². The van der Waals surface area contributed by atoms with Crippen molar-refractivity contribution in [2.45, 2.75) is 19.9 Å². The first-order chi connectivity index (χ1) is 9.17. The van der Waals surface area contributed by atoms with Crippen LogP contribution in [0.3, 0.4) is 0 Å². The van der Waals surface area contributed by atoms with Crippen molar-refractivity contribution >= 4 is 11.4 Å². The molecule has 0 atom stereocenters. The van der Waals surface area contributed by atoms with Crippen LogP contribution in [-0.4, -0.2) is 21.5 Å². The van der Waals surface area contributed by atoms with Gasteiger partial charge in [0.25, 0.3) is 5.69 Å². The Kier molecular flexibility index (Phi) is 3.79. The first-order valence-corrected chi connectivity index (χ1v) is 6.11. The molecule has 2 rings (SSSR count). The van der Waals surface area contributed by atoms with E-state index in [-0.39, 0.29) is 10.6 Å². The molecule has 6 nitrogen and oxygen atoms in total. The number of nitrogens with zero attached hydrogens (tertiary/aromatic N) is 3. The highest BCUT2D eigenvalue weighted by Gasteiger charge is 2.16. The van der Waals surface area contributed by atoms with E-state index >= 15 is 0 Å². The maximum Gasteiger partial charge on any atom is 0.292 e. The predicted octanol–water partition coefficient (Wildman–Crippen LogP) is 2.44. The first-order valence-electron chi connectivity index (χ1n) is 6.11. The van der Waals surface area contributed by atoms with Crippen molar-refractivity contribution < 1.29 is 4.92 Å². The molecule has 1 heterocycles. The molecule has 0 aliphatic heterocycles. The largest absolute Gasteiger partial charge is 0.382 e. The fraction of sp³-hybridized carbons (Fsp3) is 0.308. The van der Waals surface area contributed by atoms with Crippen LogP contribution >= 0.6 is 0 Å². The van der Waals surface area contributed by atoms with Crippen LogP contribution in [0.25, 0.3) is 0 Å². The molecule has 0 aliphatic carbocycles. The van der Waals surface area contributed by atoms with E-state index in [4.69, 9.17) is 0 Å². The summed E-state index contributed by atoms with van der Waals surface area (Å²) in [6.45, 7) is 2.60. The van der Waals surface area contributed by atoms with Gasteiger partial charge in [-0.2, -0.15) is 0 Å². The Balaban J connectivity index is 2.40. The highest BCUT2D eigenvalue weighted by Crippen LogP contribution is 2.28. The van der Waals surface area contributed by atoms with Gasteiger partial charge in [0.05, 0.1) is 11.5 Å². The van der Waals surface area contributed by atoms with Crippen molar-refractivity contribution in [3.8, 4) is 0 Å². The van der Waals surface area contributed by atoms with Crippen molar-refractivity contribution in [3.05, 3.63) is 52.1 Å². The number of nitrogens with one attached hydrogen (secondary N) is 1. The van der Waals surface area contributed by atoms with Gasteiger partial charge in [0, 0.05) is 37.5 Å². The normalized spacial score (nSPS) is 10.4. The molecule has 2 aromatic rings. The SMILES string of the molecule is CCc1nccn1Cc1cccc([N+](=O)[O-])c1NC. The molecule has 0 spiro atoms. The average Bonchev–Trinajstić information content (AvgIpc) is 2.85. The van der Waals surface area contributed by atoms with Crippen molar-refractivity contribution in [1.29, 1.82) is 0 Å². The highest BCUT2D eigenvalue weighted by atomic mass is 16.6. The van der Waals surface area contributed by atoms with Gasteiger partial charge in [-0.25, -0.2) is 4.98 Å². The van der Waals surface area contributed by atoms with Gasteiger partial charge in [-0.1, -0.05) is 19.1 Å². The summed E-state index contributed by atoms with van der Waals surface area (Å²) in [6.07, 6.45) is 4.46. The Hall–Kier alpha value is -2.37. The molecule has 0 unspecified atom stereocenters. The minimum absolute atomic E-state index is 0.0955. The fourth-order valence-electron chi connectivity index (χ4n) is 2.14. The lowest BCUT2D eigenvalue weighted by atomic mass is 10.1. The molecule has 0 saturated heterocycles. The van der Waals surface area contributed by atoms with Crippen molar-refractivity contribution in [1.82, 2.24) is 9.55 Å². The first kappa shape index (κ1) is 13.1. The van der Waals surface area contributed by atoms with Crippen molar-refractivity contribution in [2.75, 3.05) is 12.4 Å². The third-order valence-corrected chi connectivity index (χ3v) is 3.03. The molecule has 0 bridgehead atoms. The van der Waals surface area contributed by atoms with Gasteiger partial charge < -0.3 is 9.88 Å². The van der Waals surface area contributed by atoms with Gasteiger partial charge in [-0.05, 0) is 0 Å². The van der Waals surface area contributed by atoms with E-state index in [1.54, 1.807) is 19.3 Å². The molecule has 1 N–H and O–H groups in total. The van der Waals surface area contributed by atoms with Crippen molar-refractivity contribution in [2.24, 2.45) is 0 Å². The summed E-state index contributed by atoms with van der Waals surface area (Å²) in [4.78, 5) is 14.9. The molecule has 0 amide bonds. The maximum absolute atomic E-state index is 11.0. The zero-order valence-electron chi connectivity index (χ0n) is 11.0. The molecular formula is C13H16N4O2. The van der Waals surface area contributed by atoms with Crippen molar-refractivity contribution in [3.63, 3.8) is 0 Å². The Morgan fingerprint density at radius 3 is 2.89 bits per heavy atom. The number of aromatic nitrogens is 2. The summed E-state index contributed by atoms with van der Waals surface area (Å²) in [5.41, 5.74) is 1.53. The number of imidazole rings is 1. The van der Waals surface area contributed by atoms with Crippen LogP contribution in [0.1, 0.15) is 18.3 Å². The van der Waals surface area contributed by atoms with Crippen LogP contribution in [0.5, 0.6) is 0 Å². The van der Waals surface area contributed by atoms with E-state index in [2.05, 4.69) is 10.3 Å². The minimum atomic E-state index is -0.371. The van der Waals surface area contributed by atoms with Gasteiger partial charge in [0.2, 0.25) is 0 Å². The molecule has 0 aliphatic rings. The molecular weight excluding hydrogens is 244 g/mol. The predicted molar refractivity (Wildman–Crippen MR) is 73.4 cm³/mol. The zero-order valence-corrected chi connectivity index (χ0v) is 11.0. The Morgan fingerprint density at radius 2 is 2.26 bits per heavy atom. The van der Waals surface area contributed by atoms with Gasteiger partial charge >= 0.3 is 0 Å². The van der Waals surface area contributed by atoms with Gasteiger partial charge in [-0.3, -0.25) is 10.1 Å². The van der Waals surface area contributed by atoms with E-state index in [9.17, 15) is 10.1 Å². The summed E-state index contributed by atoms with van der Waals surface area (Å²) in [6, 6.07) is 5.10. The summed E-state index contributed by atoms with van der Waals surface area (Å²) < 4.78 is 2.00. The molecule has 19 heavy (non-hydrogen) atoms. The third-order valence-electron chi connectivity index (χ3n) is 3.03. The van der Waals surface area contributed by atoms with Crippen LogP contribution < -0.4 is 5.32 Å². The minimum Gasteiger partial charge on any atom is -0.382 e. The van der Waals surface area contributed by atoms with E-state index in [1.807, 2.05) is 23.8 Å². The lowest BCUT2D eigenvalue weighted by molar-refractivity contribution is -0.384. The zero-order chi connectivity index (χ0) is 13.8. The van der Waals surface area contributed by atoms with Crippen LogP contribution in [0, 0.1) is 10.1 Å². The molecule has 0 radical (unpaired) electrons. The number of nitro groups is 1. The third kappa shape index (κ3) is 2.57. The molecule has 1 aromatic carbocycles. The fourth-order valence-corrected chi connectivity index (χ4v) is 2.14. The number of para-hydroxylation sites is 1. The number of hydrogen-bond acceptors (Lipinski definition) is 4. The number of anilines is 1. The Labute approximate surface area is 111 Å².